The van der Waals surface area contributed by atoms with E-state index >= 15 is 0 Å². The average molecular weight is 386 g/mol. The number of rotatable bonds is 9. The summed E-state index contributed by atoms with van der Waals surface area (Å²) in [4.78, 5) is 6.79. The van der Waals surface area contributed by atoms with Gasteiger partial charge in [0.1, 0.15) is 11.5 Å². The van der Waals surface area contributed by atoms with Crippen LogP contribution in [0.15, 0.2) is 23.2 Å². The van der Waals surface area contributed by atoms with Crippen molar-refractivity contribution in [2.75, 3.05) is 53.0 Å². The van der Waals surface area contributed by atoms with Crippen molar-refractivity contribution in [1.29, 1.82) is 0 Å². The van der Waals surface area contributed by atoms with Crippen LogP contribution in [-0.2, 0) is 11.3 Å². The van der Waals surface area contributed by atoms with E-state index in [9.17, 15) is 8.78 Å². The number of guanidine groups is 1. The summed E-state index contributed by atoms with van der Waals surface area (Å²) in [5.74, 6) is 1.15. The number of nitrogens with zero attached hydrogens (tertiary/aromatic N) is 2. The average Bonchev–Trinajstić information content (AvgIpc) is 2.67. The van der Waals surface area contributed by atoms with E-state index in [1.54, 1.807) is 12.1 Å². The van der Waals surface area contributed by atoms with Crippen LogP contribution in [0.3, 0.4) is 0 Å². The molecule has 0 saturated carbocycles. The van der Waals surface area contributed by atoms with Gasteiger partial charge in [-0.3, -0.25) is 4.90 Å². The molecule has 1 aliphatic heterocycles. The highest BCUT2D eigenvalue weighted by molar-refractivity contribution is 5.79. The zero-order valence-electron chi connectivity index (χ0n) is 15.8. The van der Waals surface area contributed by atoms with Gasteiger partial charge in [0.05, 0.1) is 26.9 Å². The summed E-state index contributed by atoms with van der Waals surface area (Å²) in [6, 6.07) is 4.81. The van der Waals surface area contributed by atoms with Crippen molar-refractivity contribution < 1.29 is 23.0 Å². The molecule has 2 N–H and O–H groups in total. The van der Waals surface area contributed by atoms with Gasteiger partial charge < -0.3 is 24.8 Å². The minimum Gasteiger partial charge on any atom is -0.497 e. The minimum absolute atomic E-state index is 0.0669. The lowest BCUT2D eigenvalue weighted by Gasteiger charge is -2.26. The highest BCUT2D eigenvalue weighted by atomic mass is 19.3. The van der Waals surface area contributed by atoms with Crippen LogP contribution in [0.4, 0.5) is 8.78 Å². The minimum atomic E-state index is -2.90. The lowest BCUT2D eigenvalue weighted by atomic mass is 10.2. The Morgan fingerprint density at radius 3 is 2.74 bits per heavy atom. The summed E-state index contributed by atoms with van der Waals surface area (Å²) >= 11 is 0. The Morgan fingerprint density at radius 2 is 2.07 bits per heavy atom. The van der Waals surface area contributed by atoms with Gasteiger partial charge >= 0.3 is 6.61 Å². The third kappa shape index (κ3) is 7.56. The number of morpholine rings is 1. The third-order valence-electron chi connectivity index (χ3n) is 4.07. The fourth-order valence-electron chi connectivity index (χ4n) is 2.66. The van der Waals surface area contributed by atoms with E-state index in [0.29, 0.717) is 23.8 Å². The van der Waals surface area contributed by atoms with Gasteiger partial charge in [-0.25, -0.2) is 4.99 Å². The molecule has 0 unspecified atom stereocenters. The summed E-state index contributed by atoms with van der Waals surface area (Å²) < 4.78 is 40.3. The molecule has 27 heavy (non-hydrogen) atoms. The Hall–Kier alpha value is -2.13. The maximum atomic E-state index is 12.7. The number of benzene rings is 1. The lowest BCUT2D eigenvalue weighted by molar-refractivity contribution is -0.0505. The molecule has 0 aliphatic carbocycles. The summed E-state index contributed by atoms with van der Waals surface area (Å²) in [6.45, 7) is 4.97. The zero-order valence-corrected chi connectivity index (χ0v) is 15.8. The standard InChI is InChI=1S/C18H28F2N4O3/c1-3-21-18(22-6-7-24-8-10-26-11-9-24)23-13-14-4-5-15(25-2)12-16(14)27-17(19)20/h4-5,12,17H,3,6-11,13H2,1-2H3,(H2,21,22,23). The van der Waals surface area contributed by atoms with Crippen molar-refractivity contribution >= 4 is 5.96 Å². The highest BCUT2D eigenvalue weighted by Gasteiger charge is 2.12. The van der Waals surface area contributed by atoms with Crippen molar-refractivity contribution in [3.05, 3.63) is 23.8 Å². The predicted molar refractivity (Wildman–Crippen MR) is 99.7 cm³/mol. The number of ether oxygens (including phenoxy) is 3. The maximum absolute atomic E-state index is 12.7. The van der Waals surface area contributed by atoms with Crippen LogP contribution in [0.1, 0.15) is 12.5 Å². The van der Waals surface area contributed by atoms with E-state index in [-0.39, 0.29) is 12.3 Å². The second-order valence-corrected chi connectivity index (χ2v) is 5.93. The number of halogens is 2. The Morgan fingerprint density at radius 1 is 1.30 bits per heavy atom. The maximum Gasteiger partial charge on any atom is 0.387 e. The molecule has 0 bridgehead atoms. The Bertz CT molecular complexity index is 596. The molecule has 0 amide bonds. The van der Waals surface area contributed by atoms with Crippen molar-refractivity contribution in [3.8, 4) is 11.5 Å². The van der Waals surface area contributed by atoms with Crippen molar-refractivity contribution in [3.63, 3.8) is 0 Å². The molecule has 7 nitrogen and oxygen atoms in total. The topological polar surface area (TPSA) is 67.4 Å². The third-order valence-corrected chi connectivity index (χ3v) is 4.07. The first-order valence-corrected chi connectivity index (χ1v) is 9.06. The second kappa shape index (κ2) is 11.6. The molecule has 1 fully saturated rings. The fraction of sp³-hybridized carbons (Fsp3) is 0.611. The molecule has 0 spiro atoms. The molecule has 1 aromatic carbocycles. The number of hydrogen-bond donors (Lipinski definition) is 2. The molecule has 0 radical (unpaired) electrons. The highest BCUT2D eigenvalue weighted by Crippen LogP contribution is 2.27. The molecule has 0 atom stereocenters. The monoisotopic (exact) mass is 386 g/mol. The van der Waals surface area contributed by atoms with Crippen molar-refractivity contribution in [2.24, 2.45) is 4.99 Å². The number of aliphatic imine (C=N–C) groups is 1. The van der Waals surface area contributed by atoms with Crippen LogP contribution >= 0.6 is 0 Å². The second-order valence-electron chi connectivity index (χ2n) is 5.93. The van der Waals surface area contributed by atoms with Crippen LogP contribution in [0.25, 0.3) is 0 Å². The zero-order chi connectivity index (χ0) is 19.5. The van der Waals surface area contributed by atoms with Gasteiger partial charge in [0.15, 0.2) is 5.96 Å². The number of nitrogens with one attached hydrogen (secondary N) is 2. The molecular formula is C18H28F2N4O3. The Labute approximate surface area is 158 Å². The number of methoxy groups -OCH3 is 1. The van der Waals surface area contributed by atoms with Crippen LogP contribution < -0.4 is 20.1 Å². The number of alkyl halides is 2. The summed E-state index contributed by atoms with van der Waals surface area (Å²) in [7, 11) is 1.47. The molecule has 9 heteroatoms. The molecule has 1 aliphatic rings. The molecule has 1 heterocycles. The van der Waals surface area contributed by atoms with Gasteiger partial charge in [-0.15, -0.1) is 0 Å². The lowest BCUT2D eigenvalue weighted by Crippen LogP contribution is -2.44. The number of hydrogen-bond acceptors (Lipinski definition) is 5. The van der Waals surface area contributed by atoms with E-state index in [2.05, 4.69) is 25.3 Å². The van der Waals surface area contributed by atoms with Crippen molar-refractivity contribution in [2.45, 2.75) is 20.1 Å². The van der Waals surface area contributed by atoms with Gasteiger partial charge in [-0.2, -0.15) is 8.78 Å². The molecule has 1 saturated heterocycles. The van der Waals surface area contributed by atoms with Gasteiger partial charge in [-0.1, -0.05) is 0 Å². The first kappa shape index (κ1) is 21.2. The Kier molecular flexibility index (Phi) is 9.06. The first-order valence-electron chi connectivity index (χ1n) is 9.06. The van der Waals surface area contributed by atoms with Crippen LogP contribution in [0.2, 0.25) is 0 Å². The van der Waals surface area contributed by atoms with Crippen LogP contribution in [0.5, 0.6) is 11.5 Å². The Balaban J connectivity index is 1.96. The molecule has 2 rings (SSSR count). The summed E-state index contributed by atoms with van der Waals surface area (Å²) in [5, 5.41) is 6.42. The van der Waals surface area contributed by atoms with Gasteiger partial charge in [-0.05, 0) is 19.1 Å². The van der Waals surface area contributed by atoms with Gasteiger partial charge in [0, 0.05) is 44.4 Å². The van der Waals surface area contributed by atoms with E-state index in [4.69, 9.17) is 9.47 Å². The quantitative estimate of drug-likeness (QED) is 0.497. The molecule has 1 aromatic rings. The van der Waals surface area contributed by atoms with Crippen molar-refractivity contribution in [1.82, 2.24) is 15.5 Å². The van der Waals surface area contributed by atoms with Crippen LogP contribution in [0, 0.1) is 0 Å². The largest absolute Gasteiger partial charge is 0.497 e. The van der Waals surface area contributed by atoms with Gasteiger partial charge in [0.2, 0.25) is 0 Å². The predicted octanol–water partition coefficient (Wildman–Crippen LogP) is 1.68. The van der Waals surface area contributed by atoms with E-state index in [1.807, 2.05) is 6.92 Å². The van der Waals surface area contributed by atoms with E-state index in [1.165, 1.54) is 13.2 Å². The van der Waals surface area contributed by atoms with E-state index in [0.717, 1.165) is 39.4 Å². The smallest absolute Gasteiger partial charge is 0.387 e. The molecular weight excluding hydrogens is 358 g/mol. The summed E-state index contributed by atoms with van der Waals surface area (Å²) in [5.41, 5.74) is 0.557. The molecule has 152 valence electrons. The van der Waals surface area contributed by atoms with E-state index < -0.39 is 6.61 Å². The first-order chi connectivity index (χ1) is 13.1. The SMILES string of the molecule is CCNC(=NCc1ccc(OC)cc1OC(F)F)NCCN1CCOCC1. The molecule has 0 aromatic heterocycles. The van der Waals surface area contributed by atoms with Gasteiger partial charge in [0.25, 0.3) is 0 Å². The van der Waals surface area contributed by atoms with Crippen LogP contribution in [-0.4, -0.2) is 70.5 Å². The summed E-state index contributed by atoms with van der Waals surface area (Å²) in [6.07, 6.45) is 0. The fourth-order valence-corrected chi connectivity index (χ4v) is 2.66. The normalized spacial score (nSPS) is 15.7.